The summed E-state index contributed by atoms with van der Waals surface area (Å²) in [5.74, 6) is 0.525. The van der Waals surface area contributed by atoms with Gasteiger partial charge in [-0.15, -0.1) is 0 Å². The van der Waals surface area contributed by atoms with E-state index in [9.17, 15) is 9.90 Å². The number of anilines is 1. The van der Waals surface area contributed by atoms with Crippen molar-refractivity contribution in [3.63, 3.8) is 0 Å². The summed E-state index contributed by atoms with van der Waals surface area (Å²) >= 11 is 0. The zero-order valence-electron chi connectivity index (χ0n) is 12.2. The average molecular weight is 277 g/mol. The van der Waals surface area contributed by atoms with Gasteiger partial charge >= 0.3 is 0 Å². The smallest absolute Gasteiger partial charge is 0.257 e. The Balaban J connectivity index is 2.17. The number of hydrogen-bond donors (Lipinski definition) is 2. The minimum absolute atomic E-state index is 0.0833. The molecular formula is C15H23N3O2. The van der Waals surface area contributed by atoms with E-state index in [4.69, 9.17) is 0 Å². The number of carbonyl (C=O) groups excluding carboxylic acids is 1. The highest BCUT2D eigenvalue weighted by atomic mass is 16.3. The lowest BCUT2D eigenvalue weighted by Crippen LogP contribution is -2.46. The third-order valence-corrected chi connectivity index (χ3v) is 3.89. The topological polar surface area (TPSA) is 65.5 Å². The Morgan fingerprint density at radius 3 is 2.95 bits per heavy atom. The van der Waals surface area contributed by atoms with E-state index in [0.717, 1.165) is 25.7 Å². The quantitative estimate of drug-likeness (QED) is 0.882. The maximum absolute atomic E-state index is 12.6. The van der Waals surface area contributed by atoms with Gasteiger partial charge < -0.3 is 15.3 Å². The largest absolute Gasteiger partial charge is 0.391 e. The zero-order chi connectivity index (χ0) is 14.5. The van der Waals surface area contributed by atoms with Crippen molar-refractivity contribution in [1.82, 2.24) is 9.88 Å². The molecule has 1 amide bonds. The highest BCUT2D eigenvalue weighted by Crippen LogP contribution is 2.24. The Morgan fingerprint density at radius 2 is 2.25 bits per heavy atom. The summed E-state index contributed by atoms with van der Waals surface area (Å²) in [4.78, 5) is 18.5. The van der Waals surface area contributed by atoms with Crippen LogP contribution in [-0.2, 0) is 0 Å². The van der Waals surface area contributed by atoms with Crippen molar-refractivity contribution in [1.29, 1.82) is 0 Å². The number of hydrogen-bond acceptors (Lipinski definition) is 4. The number of rotatable bonds is 4. The van der Waals surface area contributed by atoms with Crippen molar-refractivity contribution in [3.05, 3.63) is 23.9 Å². The molecule has 0 saturated heterocycles. The van der Waals surface area contributed by atoms with Gasteiger partial charge in [0.1, 0.15) is 5.82 Å². The van der Waals surface area contributed by atoms with E-state index in [1.165, 1.54) is 0 Å². The van der Waals surface area contributed by atoms with Crippen molar-refractivity contribution >= 4 is 11.7 Å². The molecule has 110 valence electrons. The molecule has 0 radical (unpaired) electrons. The van der Waals surface area contributed by atoms with E-state index >= 15 is 0 Å². The van der Waals surface area contributed by atoms with Crippen LogP contribution in [0.25, 0.3) is 0 Å². The van der Waals surface area contributed by atoms with E-state index in [0.29, 0.717) is 17.9 Å². The molecule has 1 heterocycles. The summed E-state index contributed by atoms with van der Waals surface area (Å²) in [6.07, 6.45) is 4.98. The molecule has 0 spiro atoms. The lowest BCUT2D eigenvalue weighted by molar-refractivity contribution is 0.0268. The number of carbonyl (C=O) groups is 1. The molecule has 5 heteroatoms. The third kappa shape index (κ3) is 3.10. The Kier molecular flexibility index (Phi) is 4.95. The van der Waals surface area contributed by atoms with Crippen LogP contribution in [0.3, 0.4) is 0 Å². The van der Waals surface area contributed by atoms with Gasteiger partial charge in [0, 0.05) is 19.8 Å². The second kappa shape index (κ2) is 6.70. The molecule has 0 bridgehead atoms. The molecule has 1 saturated carbocycles. The fraction of sp³-hybridized carbons (Fsp3) is 0.600. The monoisotopic (exact) mass is 277 g/mol. The Labute approximate surface area is 120 Å². The first kappa shape index (κ1) is 14.8. The molecule has 5 nitrogen and oxygen atoms in total. The van der Waals surface area contributed by atoms with E-state index in [1.54, 1.807) is 30.3 Å². The normalized spacial score (nSPS) is 22.4. The number of nitrogens with one attached hydrogen (secondary N) is 1. The Bertz CT molecular complexity index is 464. The van der Waals surface area contributed by atoms with Gasteiger partial charge in [-0.1, -0.05) is 12.8 Å². The number of pyridine rings is 1. The van der Waals surface area contributed by atoms with Crippen molar-refractivity contribution in [2.45, 2.75) is 44.8 Å². The number of aromatic nitrogens is 1. The summed E-state index contributed by atoms with van der Waals surface area (Å²) in [6, 6.07) is 3.45. The maximum atomic E-state index is 12.6. The van der Waals surface area contributed by atoms with Crippen molar-refractivity contribution in [2.24, 2.45) is 0 Å². The second-order valence-electron chi connectivity index (χ2n) is 5.27. The number of likely N-dealkylation sites (N-methyl/N-ethyl adjacent to an activating group) is 1. The summed E-state index contributed by atoms with van der Waals surface area (Å²) in [7, 11) is 1.77. The molecular weight excluding hydrogens is 254 g/mol. The first-order valence-electron chi connectivity index (χ1n) is 7.29. The molecule has 2 unspecified atom stereocenters. The molecule has 1 aromatic heterocycles. The van der Waals surface area contributed by atoms with Crippen LogP contribution in [0.2, 0.25) is 0 Å². The van der Waals surface area contributed by atoms with Gasteiger partial charge in [0.05, 0.1) is 17.7 Å². The van der Waals surface area contributed by atoms with Crippen LogP contribution in [0, 0.1) is 0 Å². The molecule has 1 aromatic rings. The van der Waals surface area contributed by atoms with Gasteiger partial charge in [-0.05, 0) is 31.9 Å². The van der Waals surface area contributed by atoms with Crippen LogP contribution in [0.5, 0.6) is 0 Å². The van der Waals surface area contributed by atoms with E-state index in [-0.39, 0.29) is 11.9 Å². The zero-order valence-corrected chi connectivity index (χ0v) is 12.2. The van der Waals surface area contributed by atoms with Crippen molar-refractivity contribution in [2.75, 3.05) is 18.9 Å². The SMILES string of the molecule is CCNc1ncccc1C(=O)N(C)C1CCCCC1O. The lowest BCUT2D eigenvalue weighted by atomic mass is 9.91. The summed E-state index contributed by atoms with van der Waals surface area (Å²) in [5, 5.41) is 13.2. The molecule has 2 atom stereocenters. The van der Waals surface area contributed by atoms with Gasteiger partial charge in [-0.25, -0.2) is 4.98 Å². The van der Waals surface area contributed by atoms with Crippen LogP contribution in [0.1, 0.15) is 43.0 Å². The summed E-state index contributed by atoms with van der Waals surface area (Å²) in [6.45, 7) is 2.69. The molecule has 1 aliphatic carbocycles. The average Bonchev–Trinajstić information content (AvgIpc) is 2.47. The molecule has 0 aliphatic heterocycles. The predicted molar refractivity (Wildman–Crippen MR) is 78.8 cm³/mol. The molecule has 1 fully saturated rings. The van der Waals surface area contributed by atoms with Gasteiger partial charge in [-0.2, -0.15) is 0 Å². The summed E-state index contributed by atoms with van der Waals surface area (Å²) in [5.41, 5.74) is 0.564. The van der Waals surface area contributed by atoms with Gasteiger partial charge in [0.2, 0.25) is 0 Å². The number of amides is 1. The third-order valence-electron chi connectivity index (χ3n) is 3.89. The number of nitrogens with zero attached hydrogens (tertiary/aromatic N) is 2. The first-order chi connectivity index (χ1) is 9.65. The van der Waals surface area contributed by atoms with Crippen LogP contribution in [-0.4, -0.2) is 46.6 Å². The first-order valence-corrected chi connectivity index (χ1v) is 7.29. The highest BCUT2D eigenvalue weighted by Gasteiger charge is 2.30. The van der Waals surface area contributed by atoms with Gasteiger partial charge in [0.25, 0.3) is 5.91 Å². The molecule has 1 aliphatic rings. The molecule has 2 rings (SSSR count). The minimum Gasteiger partial charge on any atom is -0.391 e. The van der Waals surface area contributed by atoms with Crippen molar-refractivity contribution < 1.29 is 9.90 Å². The Morgan fingerprint density at radius 1 is 1.50 bits per heavy atom. The van der Waals surface area contributed by atoms with Gasteiger partial charge in [0.15, 0.2) is 0 Å². The van der Waals surface area contributed by atoms with Crippen LogP contribution in [0.15, 0.2) is 18.3 Å². The molecule has 0 aromatic carbocycles. The van der Waals surface area contributed by atoms with E-state index < -0.39 is 6.10 Å². The molecule has 2 N–H and O–H groups in total. The van der Waals surface area contributed by atoms with E-state index in [1.807, 2.05) is 6.92 Å². The van der Waals surface area contributed by atoms with Gasteiger partial charge in [-0.3, -0.25) is 4.79 Å². The predicted octanol–water partition coefficient (Wildman–Crippen LogP) is 1.89. The van der Waals surface area contributed by atoms with Crippen LogP contribution >= 0.6 is 0 Å². The van der Waals surface area contributed by atoms with E-state index in [2.05, 4.69) is 10.3 Å². The number of aliphatic hydroxyl groups excluding tert-OH is 1. The second-order valence-corrected chi connectivity index (χ2v) is 5.27. The standard InChI is InChI=1S/C15H23N3O2/c1-3-16-14-11(7-6-10-17-14)15(20)18(2)12-8-4-5-9-13(12)19/h6-7,10,12-13,19H,3-5,8-9H2,1-2H3,(H,16,17). The Hall–Kier alpha value is -1.62. The highest BCUT2D eigenvalue weighted by molar-refractivity contribution is 5.98. The summed E-state index contributed by atoms with van der Waals surface area (Å²) < 4.78 is 0. The maximum Gasteiger partial charge on any atom is 0.257 e. The minimum atomic E-state index is -0.419. The fourth-order valence-corrected chi connectivity index (χ4v) is 2.77. The van der Waals surface area contributed by atoms with Crippen LogP contribution < -0.4 is 5.32 Å². The fourth-order valence-electron chi connectivity index (χ4n) is 2.77. The lowest BCUT2D eigenvalue weighted by Gasteiger charge is -2.35. The van der Waals surface area contributed by atoms with Crippen LogP contribution in [0.4, 0.5) is 5.82 Å². The van der Waals surface area contributed by atoms with Crippen molar-refractivity contribution in [3.8, 4) is 0 Å². The number of aliphatic hydroxyl groups is 1. The molecule has 20 heavy (non-hydrogen) atoms.